The second-order valence-electron chi connectivity index (χ2n) is 10.2. The Balaban J connectivity index is 1.13. The van der Waals surface area contributed by atoms with E-state index in [4.69, 9.17) is 4.74 Å². The number of rotatable bonds is 7. The first-order chi connectivity index (χ1) is 18.3. The highest BCUT2D eigenvalue weighted by molar-refractivity contribution is 6.23. The van der Waals surface area contributed by atoms with Crippen LogP contribution in [0.25, 0.3) is 0 Å². The quantitative estimate of drug-likeness (QED) is 0.565. The maximum absolute atomic E-state index is 13.1. The highest BCUT2D eigenvalue weighted by Gasteiger charge is 2.44. The Bertz CT molecular complexity index is 1280. The molecule has 5 amide bonds. The minimum absolute atomic E-state index is 0.0982. The Kier molecular flexibility index (Phi) is 7.26. The monoisotopic (exact) mass is 517 g/mol. The molecule has 0 saturated carbocycles. The fourth-order valence-corrected chi connectivity index (χ4v) is 5.55. The van der Waals surface area contributed by atoms with Crippen LogP contribution in [0.3, 0.4) is 0 Å². The summed E-state index contributed by atoms with van der Waals surface area (Å²) in [6.07, 6.45) is 4.17. The summed E-state index contributed by atoms with van der Waals surface area (Å²) in [5.74, 6) is -0.584. The number of ether oxygens (including phenoxy) is 1. The Morgan fingerprint density at radius 1 is 0.921 bits per heavy atom. The Labute approximate surface area is 221 Å². The highest BCUT2D eigenvalue weighted by Crippen LogP contribution is 2.30. The molecule has 0 aliphatic carbocycles. The molecule has 2 saturated heterocycles. The normalized spacial score (nSPS) is 20.0. The van der Waals surface area contributed by atoms with Crippen LogP contribution in [-0.2, 0) is 27.2 Å². The molecule has 38 heavy (non-hydrogen) atoms. The van der Waals surface area contributed by atoms with E-state index in [2.05, 4.69) is 5.32 Å². The van der Waals surface area contributed by atoms with Crippen molar-refractivity contribution in [3.63, 3.8) is 0 Å². The minimum atomic E-state index is -0.957. The number of nitrogens with one attached hydrogen (secondary N) is 1. The van der Waals surface area contributed by atoms with E-state index in [9.17, 15) is 24.0 Å². The van der Waals surface area contributed by atoms with E-state index >= 15 is 0 Å². The van der Waals surface area contributed by atoms with E-state index in [1.807, 2.05) is 35.2 Å². The van der Waals surface area contributed by atoms with Gasteiger partial charge in [-0.05, 0) is 73.4 Å². The number of fused-ring (bicyclic) bond motifs is 1. The van der Waals surface area contributed by atoms with Crippen molar-refractivity contribution in [3.05, 3.63) is 64.7 Å². The SMILES string of the molecule is COc1ccc(CC(=O)N2CCC(CCc3ccc4c(c3)C(=O)N(C3CCC(=O)NC3=O)C4=O)CC2)cc1. The summed E-state index contributed by atoms with van der Waals surface area (Å²) in [6, 6.07) is 11.9. The first-order valence-corrected chi connectivity index (χ1v) is 13.1. The molecular formula is C29H31N3O6. The number of carbonyl (C=O) groups is 5. The van der Waals surface area contributed by atoms with Gasteiger partial charge in [-0.25, -0.2) is 0 Å². The molecule has 2 fully saturated rings. The van der Waals surface area contributed by atoms with Gasteiger partial charge in [0.05, 0.1) is 24.7 Å². The van der Waals surface area contributed by atoms with Crippen LogP contribution in [-0.4, -0.2) is 65.6 Å². The number of piperidine rings is 2. The zero-order valence-corrected chi connectivity index (χ0v) is 21.4. The van der Waals surface area contributed by atoms with Gasteiger partial charge in [0.1, 0.15) is 11.8 Å². The third kappa shape index (κ3) is 5.18. The molecule has 3 aliphatic heterocycles. The minimum Gasteiger partial charge on any atom is -0.497 e. The second-order valence-corrected chi connectivity index (χ2v) is 10.2. The number of carbonyl (C=O) groups excluding carboxylic acids is 5. The number of imide groups is 2. The summed E-state index contributed by atoms with van der Waals surface area (Å²) in [6.45, 7) is 1.47. The van der Waals surface area contributed by atoms with Gasteiger partial charge in [0.15, 0.2) is 0 Å². The zero-order chi connectivity index (χ0) is 26.8. The molecule has 1 N–H and O–H groups in total. The topological polar surface area (TPSA) is 113 Å². The Hall–Kier alpha value is -4.01. The Morgan fingerprint density at radius 3 is 2.29 bits per heavy atom. The van der Waals surface area contributed by atoms with Crippen molar-refractivity contribution in [2.75, 3.05) is 20.2 Å². The van der Waals surface area contributed by atoms with Gasteiger partial charge in [-0.1, -0.05) is 18.2 Å². The van der Waals surface area contributed by atoms with Gasteiger partial charge in [-0.3, -0.25) is 34.2 Å². The van der Waals surface area contributed by atoms with E-state index in [1.165, 1.54) is 0 Å². The smallest absolute Gasteiger partial charge is 0.262 e. The van der Waals surface area contributed by atoms with Gasteiger partial charge in [-0.15, -0.1) is 0 Å². The fourth-order valence-electron chi connectivity index (χ4n) is 5.55. The third-order valence-corrected chi connectivity index (χ3v) is 7.83. The largest absolute Gasteiger partial charge is 0.497 e. The molecule has 3 aliphatic rings. The predicted molar refractivity (Wildman–Crippen MR) is 137 cm³/mol. The highest BCUT2D eigenvalue weighted by atomic mass is 16.5. The second kappa shape index (κ2) is 10.8. The van der Waals surface area contributed by atoms with Crippen molar-refractivity contribution in [3.8, 4) is 5.75 Å². The number of amides is 5. The Morgan fingerprint density at radius 2 is 1.61 bits per heavy atom. The lowest BCUT2D eigenvalue weighted by Gasteiger charge is -2.32. The van der Waals surface area contributed by atoms with Crippen molar-refractivity contribution in [1.29, 1.82) is 0 Å². The van der Waals surface area contributed by atoms with E-state index < -0.39 is 29.7 Å². The molecule has 2 aromatic carbocycles. The molecule has 0 radical (unpaired) electrons. The molecular weight excluding hydrogens is 486 g/mol. The van der Waals surface area contributed by atoms with Crippen LogP contribution >= 0.6 is 0 Å². The van der Waals surface area contributed by atoms with Gasteiger partial charge in [-0.2, -0.15) is 0 Å². The maximum atomic E-state index is 13.1. The average molecular weight is 518 g/mol. The number of likely N-dealkylation sites (tertiary alicyclic amines) is 1. The fraction of sp³-hybridized carbons (Fsp3) is 0.414. The van der Waals surface area contributed by atoms with Gasteiger partial charge >= 0.3 is 0 Å². The lowest BCUT2D eigenvalue weighted by molar-refractivity contribution is -0.136. The molecule has 198 valence electrons. The molecule has 9 heteroatoms. The van der Waals surface area contributed by atoms with Crippen molar-refractivity contribution in [1.82, 2.24) is 15.1 Å². The summed E-state index contributed by atoms with van der Waals surface area (Å²) in [5.41, 5.74) is 2.55. The molecule has 0 aromatic heterocycles. The molecule has 0 bridgehead atoms. The van der Waals surface area contributed by atoms with Crippen LogP contribution < -0.4 is 10.1 Å². The van der Waals surface area contributed by atoms with Crippen LogP contribution in [0.4, 0.5) is 0 Å². The van der Waals surface area contributed by atoms with E-state index in [0.717, 1.165) is 60.5 Å². The molecule has 1 atom stereocenters. The molecule has 9 nitrogen and oxygen atoms in total. The van der Waals surface area contributed by atoms with E-state index in [0.29, 0.717) is 23.5 Å². The summed E-state index contributed by atoms with van der Waals surface area (Å²) in [7, 11) is 1.62. The number of methoxy groups -OCH3 is 1. The van der Waals surface area contributed by atoms with Crippen molar-refractivity contribution in [2.24, 2.45) is 5.92 Å². The lowest BCUT2D eigenvalue weighted by Crippen LogP contribution is -2.54. The van der Waals surface area contributed by atoms with Crippen molar-refractivity contribution in [2.45, 2.75) is 51.0 Å². The van der Waals surface area contributed by atoms with Gasteiger partial charge < -0.3 is 9.64 Å². The van der Waals surface area contributed by atoms with Gasteiger partial charge in [0.2, 0.25) is 17.7 Å². The number of benzene rings is 2. The predicted octanol–water partition coefficient (Wildman–Crippen LogP) is 2.51. The van der Waals surface area contributed by atoms with Gasteiger partial charge in [0, 0.05) is 19.5 Å². The third-order valence-electron chi connectivity index (χ3n) is 7.83. The number of aryl methyl sites for hydroxylation is 1. The summed E-state index contributed by atoms with van der Waals surface area (Å²) >= 11 is 0. The summed E-state index contributed by atoms with van der Waals surface area (Å²) < 4.78 is 5.17. The number of hydrogen-bond donors (Lipinski definition) is 1. The van der Waals surface area contributed by atoms with Crippen LogP contribution in [0, 0.1) is 5.92 Å². The van der Waals surface area contributed by atoms with Crippen molar-refractivity contribution < 1.29 is 28.7 Å². The summed E-state index contributed by atoms with van der Waals surface area (Å²) in [5, 5.41) is 2.22. The molecule has 0 spiro atoms. The van der Waals surface area contributed by atoms with E-state index in [-0.39, 0.29) is 18.7 Å². The summed E-state index contributed by atoms with van der Waals surface area (Å²) in [4.78, 5) is 65.3. The standard InChI is InChI=1S/C29H31N3O6/c1-38-21-7-4-20(5-8-21)17-26(34)31-14-12-18(13-15-31)2-3-19-6-9-22-23(16-19)29(37)32(28(22)36)24-10-11-25(33)30-27(24)35/h4-9,16,18,24H,2-3,10-15,17H2,1H3,(H,30,33,35). The molecule has 1 unspecified atom stereocenters. The maximum Gasteiger partial charge on any atom is 0.262 e. The number of hydrogen-bond acceptors (Lipinski definition) is 6. The van der Waals surface area contributed by atoms with Gasteiger partial charge in [0.25, 0.3) is 11.8 Å². The first-order valence-electron chi connectivity index (χ1n) is 13.1. The van der Waals surface area contributed by atoms with Crippen molar-refractivity contribution >= 4 is 29.5 Å². The van der Waals surface area contributed by atoms with Crippen LogP contribution in [0.15, 0.2) is 42.5 Å². The van der Waals surface area contributed by atoms with Crippen LogP contribution in [0.5, 0.6) is 5.75 Å². The zero-order valence-electron chi connectivity index (χ0n) is 21.4. The van der Waals surface area contributed by atoms with E-state index in [1.54, 1.807) is 19.2 Å². The molecule has 5 rings (SSSR count). The molecule has 2 aromatic rings. The lowest BCUT2D eigenvalue weighted by atomic mass is 9.89. The molecule has 3 heterocycles. The number of nitrogens with zero attached hydrogens (tertiary/aromatic N) is 2. The first kappa shape index (κ1) is 25.6. The average Bonchev–Trinajstić information content (AvgIpc) is 3.17. The van der Waals surface area contributed by atoms with Crippen LogP contribution in [0.1, 0.15) is 63.9 Å². The van der Waals surface area contributed by atoms with Crippen LogP contribution in [0.2, 0.25) is 0 Å².